The summed E-state index contributed by atoms with van der Waals surface area (Å²) in [6, 6.07) is 11.3. The number of carboxylic acids is 1. The first-order valence-electron chi connectivity index (χ1n) is 5.96. The van der Waals surface area contributed by atoms with Gasteiger partial charge in [0.25, 0.3) is 0 Å². The maximum absolute atomic E-state index is 10.8. The third-order valence-electron chi connectivity index (χ3n) is 3.38. The Hall–Kier alpha value is -2.61. The maximum Gasteiger partial charge on any atom is 0.310 e. The summed E-state index contributed by atoms with van der Waals surface area (Å²) in [4.78, 5) is 17.2. The van der Waals surface area contributed by atoms with Crippen LogP contribution < -0.4 is 4.90 Å². The fourth-order valence-corrected chi connectivity index (χ4v) is 2.24. The Morgan fingerprint density at radius 1 is 1.42 bits per heavy atom. The highest BCUT2D eigenvalue weighted by molar-refractivity contribution is 5.86. The first kappa shape index (κ1) is 11.5. The molecule has 0 radical (unpaired) electrons. The van der Waals surface area contributed by atoms with Gasteiger partial charge in [0.1, 0.15) is 5.82 Å². The molecule has 5 heteroatoms. The second-order valence-corrected chi connectivity index (χ2v) is 4.60. The van der Waals surface area contributed by atoms with E-state index in [1.54, 1.807) is 6.07 Å². The van der Waals surface area contributed by atoms with Crippen molar-refractivity contribution in [1.82, 2.24) is 4.98 Å². The van der Waals surface area contributed by atoms with Crippen LogP contribution in [0.1, 0.15) is 5.56 Å². The molecule has 19 heavy (non-hydrogen) atoms. The maximum atomic E-state index is 10.8. The van der Waals surface area contributed by atoms with Gasteiger partial charge in [0.2, 0.25) is 0 Å². The SMILES string of the molecule is N#Cc1cc(N2CC(C(=O)O)C2)nc2ccccc12. The number of benzene rings is 1. The molecule has 1 N–H and O–H groups in total. The highest BCUT2D eigenvalue weighted by Gasteiger charge is 2.33. The fraction of sp³-hybridized carbons (Fsp3) is 0.214. The van der Waals surface area contributed by atoms with Crippen LogP contribution in [0.2, 0.25) is 0 Å². The third kappa shape index (κ3) is 1.87. The van der Waals surface area contributed by atoms with E-state index >= 15 is 0 Å². The van der Waals surface area contributed by atoms with Crippen LogP contribution in [0.15, 0.2) is 30.3 Å². The molecule has 1 aliphatic rings. The van der Waals surface area contributed by atoms with Crippen LogP contribution in [0.25, 0.3) is 10.9 Å². The van der Waals surface area contributed by atoms with Crippen LogP contribution in [0.3, 0.4) is 0 Å². The lowest BCUT2D eigenvalue weighted by molar-refractivity contribution is -0.142. The minimum Gasteiger partial charge on any atom is -0.481 e. The van der Waals surface area contributed by atoms with Gasteiger partial charge in [0.05, 0.1) is 23.1 Å². The summed E-state index contributed by atoms with van der Waals surface area (Å²) in [7, 11) is 0. The third-order valence-corrected chi connectivity index (χ3v) is 3.38. The van der Waals surface area contributed by atoms with Gasteiger partial charge in [-0.1, -0.05) is 18.2 Å². The number of hydrogen-bond acceptors (Lipinski definition) is 4. The number of hydrogen-bond donors (Lipinski definition) is 1. The molecule has 94 valence electrons. The summed E-state index contributed by atoms with van der Waals surface area (Å²) >= 11 is 0. The van der Waals surface area contributed by atoms with Crippen molar-refractivity contribution >= 4 is 22.7 Å². The normalized spacial score (nSPS) is 15.0. The van der Waals surface area contributed by atoms with Gasteiger partial charge in [-0.25, -0.2) is 4.98 Å². The van der Waals surface area contributed by atoms with Crippen molar-refractivity contribution in [2.45, 2.75) is 0 Å². The average molecular weight is 253 g/mol. The van der Waals surface area contributed by atoms with Gasteiger partial charge < -0.3 is 10.0 Å². The topological polar surface area (TPSA) is 77.2 Å². The van der Waals surface area contributed by atoms with Crippen LogP contribution in [0, 0.1) is 17.2 Å². The molecule has 2 aromatic rings. The van der Waals surface area contributed by atoms with Gasteiger partial charge in [0.15, 0.2) is 0 Å². The first-order chi connectivity index (χ1) is 9.19. The van der Waals surface area contributed by atoms with Crippen LogP contribution in [0.5, 0.6) is 0 Å². The molecular weight excluding hydrogens is 242 g/mol. The quantitative estimate of drug-likeness (QED) is 0.880. The molecule has 3 rings (SSSR count). The van der Waals surface area contributed by atoms with Crippen LogP contribution >= 0.6 is 0 Å². The Morgan fingerprint density at radius 2 is 2.16 bits per heavy atom. The molecule has 0 aliphatic carbocycles. The summed E-state index contributed by atoms with van der Waals surface area (Å²) in [6.07, 6.45) is 0. The molecule has 0 saturated carbocycles. The fourth-order valence-electron chi connectivity index (χ4n) is 2.24. The molecule has 1 aromatic carbocycles. The van der Waals surface area contributed by atoms with E-state index in [-0.39, 0.29) is 5.92 Å². The molecule has 5 nitrogen and oxygen atoms in total. The number of para-hydroxylation sites is 1. The first-order valence-corrected chi connectivity index (χ1v) is 5.96. The summed E-state index contributed by atoms with van der Waals surface area (Å²) in [5, 5.41) is 18.9. The van der Waals surface area contributed by atoms with Gasteiger partial charge >= 0.3 is 5.97 Å². The van der Waals surface area contributed by atoms with Crippen molar-refractivity contribution in [2.24, 2.45) is 5.92 Å². The lowest BCUT2D eigenvalue weighted by Crippen LogP contribution is -2.50. The number of anilines is 1. The molecule has 1 aromatic heterocycles. The van der Waals surface area contributed by atoms with Crippen LogP contribution in [-0.4, -0.2) is 29.1 Å². The largest absolute Gasteiger partial charge is 0.481 e. The standard InChI is InChI=1S/C14H11N3O2/c15-6-9-5-13(17-7-10(8-17)14(18)19)16-12-4-2-1-3-11(9)12/h1-5,10H,7-8H2,(H,18,19). The number of aromatic nitrogens is 1. The Labute approximate surface area is 109 Å². The molecule has 1 aliphatic heterocycles. The zero-order valence-electron chi connectivity index (χ0n) is 10.1. The number of carboxylic acid groups (broad SMARTS) is 1. The van der Waals surface area contributed by atoms with Crippen LogP contribution in [-0.2, 0) is 4.79 Å². The van der Waals surface area contributed by atoms with Gasteiger partial charge in [-0.2, -0.15) is 5.26 Å². The summed E-state index contributed by atoms with van der Waals surface area (Å²) < 4.78 is 0. The molecule has 2 heterocycles. The van der Waals surface area contributed by atoms with Crippen molar-refractivity contribution in [1.29, 1.82) is 5.26 Å². The summed E-state index contributed by atoms with van der Waals surface area (Å²) in [6.45, 7) is 0.900. The number of nitriles is 1. The van der Waals surface area contributed by atoms with Crippen molar-refractivity contribution in [2.75, 3.05) is 18.0 Å². The molecule has 0 atom stereocenters. The molecule has 0 bridgehead atoms. The molecule has 1 saturated heterocycles. The van der Waals surface area contributed by atoms with Gasteiger partial charge in [-0.05, 0) is 12.1 Å². The van der Waals surface area contributed by atoms with Crippen molar-refractivity contribution in [3.05, 3.63) is 35.9 Å². The zero-order chi connectivity index (χ0) is 13.4. The second kappa shape index (κ2) is 4.25. The smallest absolute Gasteiger partial charge is 0.310 e. The predicted octanol–water partition coefficient (Wildman–Crippen LogP) is 1.63. The molecule has 1 fully saturated rings. The van der Waals surface area contributed by atoms with Crippen LogP contribution in [0.4, 0.5) is 5.82 Å². The number of fused-ring (bicyclic) bond motifs is 1. The Kier molecular flexibility index (Phi) is 2.57. The Bertz CT molecular complexity index is 699. The van der Waals surface area contributed by atoms with Gasteiger partial charge in [-0.15, -0.1) is 0 Å². The van der Waals surface area contributed by atoms with E-state index in [9.17, 15) is 10.1 Å². The lowest BCUT2D eigenvalue weighted by atomic mass is 10.00. The molecule has 0 unspecified atom stereocenters. The predicted molar refractivity (Wildman–Crippen MR) is 69.8 cm³/mol. The van der Waals surface area contributed by atoms with E-state index in [1.165, 1.54) is 0 Å². The summed E-state index contributed by atoms with van der Waals surface area (Å²) in [5.74, 6) is -0.441. The highest BCUT2D eigenvalue weighted by atomic mass is 16.4. The lowest BCUT2D eigenvalue weighted by Gasteiger charge is -2.37. The van der Waals surface area contributed by atoms with E-state index in [2.05, 4.69) is 11.1 Å². The second-order valence-electron chi connectivity index (χ2n) is 4.60. The number of carbonyl (C=O) groups is 1. The number of nitrogens with zero attached hydrogens (tertiary/aromatic N) is 3. The van der Waals surface area contributed by atoms with Crippen molar-refractivity contribution in [3.8, 4) is 6.07 Å². The van der Waals surface area contributed by atoms with E-state index in [4.69, 9.17) is 5.11 Å². The highest BCUT2D eigenvalue weighted by Crippen LogP contribution is 2.27. The monoisotopic (exact) mass is 253 g/mol. The van der Waals surface area contributed by atoms with Crippen molar-refractivity contribution < 1.29 is 9.90 Å². The number of rotatable bonds is 2. The Balaban J connectivity index is 1.98. The van der Waals surface area contributed by atoms with E-state index < -0.39 is 5.97 Å². The minimum atomic E-state index is -0.780. The average Bonchev–Trinajstić information content (AvgIpc) is 2.35. The van der Waals surface area contributed by atoms with E-state index in [0.29, 0.717) is 24.5 Å². The minimum absolute atomic E-state index is 0.334. The number of pyridine rings is 1. The molecule has 0 spiro atoms. The summed E-state index contributed by atoms with van der Waals surface area (Å²) in [5.41, 5.74) is 1.33. The van der Waals surface area contributed by atoms with E-state index in [0.717, 1.165) is 10.9 Å². The molecule has 0 amide bonds. The van der Waals surface area contributed by atoms with Crippen molar-refractivity contribution in [3.63, 3.8) is 0 Å². The zero-order valence-corrected chi connectivity index (χ0v) is 10.1. The van der Waals surface area contributed by atoms with Gasteiger partial charge in [-0.3, -0.25) is 4.79 Å². The Morgan fingerprint density at radius 3 is 2.84 bits per heavy atom. The molecular formula is C14H11N3O2. The van der Waals surface area contributed by atoms with Gasteiger partial charge in [0, 0.05) is 18.5 Å². The van der Waals surface area contributed by atoms with E-state index in [1.807, 2.05) is 29.2 Å². The number of aliphatic carboxylic acids is 1.